The Balaban J connectivity index is 1.20. The Bertz CT molecular complexity index is 1800. The van der Waals surface area contributed by atoms with Crippen molar-refractivity contribution in [2.75, 3.05) is 13.6 Å². The third-order valence-corrected chi connectivity index (χ3v) is 9.31. The molecule has 1 heterocycles. The summed E-state index contributed by atoms with van der Waals surface area (Å²) >= 11 is 0. The van der Waals surface area contributed by atoms with Gasteiger partial charge >= 0.3 is 0 Å². The highest BCUT2D eigenvalue weighted by Crippen LogP contribution is 2.39. The van der Waals surface area contributed by atoms with Crippen LogP contribution in [-0.2, 0) is 22.6 Å². The predicted octanol–water partition coefficient (Wildman–Crippen LogP) is 7.38. The fourth-order valence-electron chi connectivity index (χ4n) is 6.29. The first-order valence-electron chi connectivity index (χ1n) is 16.8. The Hall–Kier alpha value is -4.63. The summed E-state index contributed by atoms with van der Waals surface area (Å²) in [5.74, 6) is -0.107. The first-order chi connectivity index (χ1) is 23.9. The van der Waals surface area contributed by atoms with E-state index >= 15 is 0 Å². The van der Waals surface area contributed by atoms with Crippen LogP contribution in [-0.4, -0.2) is 46.8 Å². The minimum atomic E-state index is -0.636. The number of aliphatic hydroxyl groups excluding tert-OH is 2. The third kappa shape index (κ3) is 8.70. The van der Waals surface area contributed by atoms with Crippen LogP contribution in [0.2, 0.25) is 0 Å². The maximum absolute atomic E-state index is 12.6. The van der Waals surface area contributed by atoms with Crippen molar-refractivity contribution < 1.29 is 24.5 Å². The summed E-state index contributed by atoms with van der Waals surface area (Å²) < 4.78 is 13.3. The van der Waals surface area contributed by atoms with Crippen molar-refractivity contribution >= 4 is 5.91 Å². The van der Waals surface area contributed by atoms with Gasteiger partial charge in [0.15, 0.2) is 6.29 Å². The van der Waals surface area contributed by atoms with Gasteiger partial charge in [-0.05, 0) is 71.6 Å². The molecule has 5 atom stereocenters. The van der Waals surface area contributed by atoms with Gasteiger partial charge in [-0.15, -0.1) is 0 Å². The fraction of sp³-hybridized carbons (Fsp3) is 0.262. The van der Waals surface area contributed by atoms with Gasteiger partial charge in [0.2, 0.25) is 0 Å². The Morgan fingerprint density at radius 2 is 1.47 bits per heavy atom. The Labute approximate surface area is 288 Å². The molecule has 1 aliphatic heterocycles. The van der Waals surface area contributed by atoms with Gasteiger partial charge in [0.1, 0.15) is 0 Å². The van der Waals surface area contributed by atoms with E-state index in [2.05, 4.69) is 34.5 Å². The molecule has 49 heavy (non-hydrogen) atoms. The molecule has 3 N–H and O–H groups in total. The Morgan fingerprint density at radius 1 is 0.796 bits per heavy atom. The molecular formula is C42H44N2O5. The largest absolute Gasteiger partial charge is 0.392 e. The summed E-state index contributed by atoms with van der Waals surface area (Å²) in [5.41, 5.74) is 7.34. The molecule has 0 unspecified atom stereocenters. The van der Waals surface area contributed by atoms with E-state index in [0.29, 0.717) is 25.1 Å². The predicted molar refractivity (Wildman–Crippen MR) is 191 cm³/mol. The van der Waals surface area contributed by atoms with Crippen LogP contribution in [0.1, 0.15) is 70.0 Å². The van der Waals surface area contributed by atoms with Crippen molar-refractivity contribution in [2.45, 2.75) is 57.1 Å². The first kappa shape index (κ1) is 34.2. The van der Waals surface area contributed by atoms with Crippen molar-refractivity contribution in [3.8, 4) is 11.1 Å². The van der Waals surface area contributed by atoms with Crippen molar-refractivity contribution in [3.05, 3.63) is 167 Å². The molecule has 0 aromatic heterocycles. The number of hydrogen-bond acceptors (Lipinski definition) is 6. The summed E-state index contributed by atoms with van der Waals surface area (Å²) in [6.07, 6.45) is -0.999. The van der Waals surface area contributed by atoms with Gasteiger partial charge < -0.3 is 25.0 Å². The molecule has 1 saturated heterocycles. The Kier molecular flexibility index (Phi) is 11.3. The molecule has 0 aliphatic carbocycles. The van der Waals surface area contributed by atoms with Crippen molar-refractivity contribution in [1.29, 1.82) is 0 Å². The summed E-state index contributed by atoms with van der Waals surface area (Å²) in [6.45, 7) is 3.04. The Morgan fingerprint density at radius 3 is 2.18 bits per heavy atom. The van der Waals surface area contributed by atoms with Crippen molar-refractivity contribution in [2.24, 2.45) is 0 Å². The molecule has 252 valence electrons. The van der Waals surface area contributed by atoms with E-state index in [4.69, 9.17) is 9.47 Å². The minimum absolute atomic E-state index is 0.0139. The van der Waals surface area contributed by atoms with E-state index in [1.807, 2.05) is 111 Å². The summed E-state index contributed by atoms with van der Waals surface area (Å²) in [4.78, 5) is 14.8. The molecule has 0 spiro atoms. The number of rotatable bonds is 12. The van der Waals surface area contributed by atoms with Crippen LogP contribution in [0.5, 0.6) is 0 Å². The number of aliphatic hydroxyl groups is 2. The van der Waals surface area contributed by atoms with Gasteiger partial charge in [-0.2, -0.15) is 0 Å². The zero-order chi connectivity index (χ0) is 34.2. The zero-order valence-electron chi connectivity index (χ0n) is 28.0. The zero-order valence-corrected chi connectivity index (χ0v) is 28.0. The topological polar surface area (TPSA) is 91.3 Å². The molecule has 0 saturated carbocycles. The van der Waals surface area contributed by atoms with E-state index in [1.54, 1.807) is 12.1 Å². The number of nitrogens with one attached hydrogen (secondary N) is 1. The van der Waals surface area contributed by atoms with Crippen molar-refractivity contribution in [1.82, 2.24) is 10.2 Å². The maximum Gasteiger partial charge on any atom is 0.251 e. The molecule has 0 bridgehead atoms. The molecule has 1 amide bonds. The number of carbonyl (C=O) groups excluding carboxylic acids is 1. The highest BCUT2D eigenvalue weighted by Gasteiger charge is 2.34. The number of nitrogens with zero attached hydrogens (tertiary/aromatic N) is 1. The van der Waals surface area contributed by atoms with E-state index in [9.17, 15) is 15.0 Å². The summed E-state index contributed by atoms with van der Waals surface area (Å²) in [5, 5.41) is 23.7. The van der Waals surface area contributed by atoms with E-state index < -0.39 is 12.4 Å². The highest BCUT2D eigenvalue weighted by atomic mass is 16.7. The molecule has 1 aliphatic rings. The van der Waals surface area contributed by atoms with Gasteiger partial charge in [0.25, 0.3) is 5.91 Å². The molecule has 1 fully saturated rings. The van der Waals surface area contributed by atoms with Crippen LogP contribution >= 0.6 is 0 Å². The number of likely N-dealkylation sites (N-methyl/N-ethyl adjacent to an activating group) is 1. The lowest BCUT2D eigenvalue weighted by Crippen LogP contribution is -2.43. The van der Waals surface area contributed by atoms with Crippen LogP contribution in [0.15, 0.2) is 133 Å². The van der Waals surface area contributed by atoms with E-state index in [-0.39, 0.29) is 30.8 Å². The minimum Gasteiger partial charge on any atom is -0.392 e. The highest BCUT2D eigenvalue weighted by molar-refractivity contribution is 5.94. The van der Waals surface area contributed by atoms with Gasteiger partial charge in [-0.25, -0.2) is 0 Å². The first-order valence-corrected chi connectivity index (χ1v) is 16.8. The monoisotopic (exact) mass is 656 g/mol. The average molecular weight is 657 g/mol. The number of amides is 1. The summed E-state index contributed by atoms with van der Waals surface area (Å²) in [6, 6.07) is 43.1. The second kappa shape index (κ2) is 16.2. The van der Waals surface area contributed by atoms with E-state index in [0.717, 1.165) is 38.9 Å². The molecule has 5 aromatic rings. The number of carbonyl (C=O) groups is 1. The van der Waals surface area contributed by atoms with Crippen LogP contribution in [0.25, 0.3) is 11.1 Å². The number of benzene rings is 5. The van der Waals surface area contributed by atoms with Crippen LogP contribution < -0.4 is 5.32 Å². The van der Waals surface area contributed by atoms with Gasteiger partial charge in [-0.3, -0.25) is 9.69 Å². The maximum atomic E-state index is 12.6. The van der Waals surface area contributed by atoms with Gasteiger partial charge in [-0.1, -0.05) is 109 Å². The van der Waals surface area contributed by atoms with Gasteiger partial charge in [0.05, 0.1) is 24.9 Å². The molecule has 7 heteroatoms. The molecule has 0 radical (unpaired) electrons. The lowest BCUT2D eigenvalue weighted by atomic mass is 9.97. The molecule has 7 nitrogen and oxygen atoms in total. The molecular weight excluding hydrogens is 612 g/mol. The lowest BCUT2D eigenvalue weighted by molar-refractivity contribution is -0.253. The third-order valence-electron chi connectivity index (χ3n) is 9.31. The SMILES string of the molecule is C[C@H]([C@@H](O)c1ccccc1)N(C)C[C@@H]1C[C@H](c2ccc(CO)cc2)O[C@H](c2cccc(-c3cccc(CNC(=O)c4ccccc4)c3)c2)O1. The smallest absolute Gasteiger partial charge is 0.251 e. The quantitative estimate of drug-likeness (QED) is 0.130. The second-order valence-corrected chi connectivity index (χ2v) is 12.8. The van der Waals surface area contributed by atoms with Crippen LogP contribution in [0.3, 0.4) is 0 Å². The number of ether oxygens (including phenoxy) is 2. The van der Waals surface area contributed by atoms with Gasteiger partial charge in [0, 0.05) is 36.7 Å². The second-order valence-electron chi connectivity index (χ2n) is 12.8. The normalized spacial score (nSPS) is 18.9. The fourth-order valence-corrected chi connectivity index (χ4v) is 6.29. The molecule has 6 rings (SSSR count). The average Bonchev–Trinajstić information content (AvgIpc) is 3.17. The standard InChI is InChI=1S/C42H44N2O5/c1-29(40(46)33-12-5-3-6-13-33)44(2)27-38-25-39(32-21-19-30(28-45)20-22-32)49-42(48-38)37-18-10-17-36(24-37)35-16-9-11-31(23-35)26-43-41(47)34-14-7-4-8-15-34/h3-24,29,38-40,42,45-46H,25-28H2,1-2H3,(H,43,47)/t29-,38+,39-,40-,42-/m1/s1. The number of hydrogen-bond donors (Lipinski definition) is 3. The van der Waals surface area contributed by atoms with Crippen LogP contribution in [0, 0.1) is 0 Å². The van der Waals surface area contributed by atoms with E-state index in [1.165, 1.54) is 0 Å². The lowest BCUT2D eigenvalue weighted by Gasteiger charge is -2.39. The summed E-state index contributed by atoms with van der Waals surface area (Å²) in [7, 11) is 2.02. The van der Waals surface area contributed by atoms with Crippen molar-refractivity contribution in [3.63, 3.8) is 0 Å². The van der Waals surface area contributed by atoms with Crippen LogP contribution in [0.4, 0.5) is 0 Å². The molecule has 5 aromatic carbocycles.